The third-order valence-corrected chi connectivity index (χ3v) is 2.04. The summed E-state index contributed by atoms with van der Waals surface area (Å²) in [5, 5.41) is 0. The number of rotatable bonds is 10. The predicted octanol–water partition coefficient (Wildman–Crippen LogP) is 2.24. The fourth-order valence-electron chi connectivity index (χ4n) is 1.04. The lowest BCUT2D eigenvalue weighted by Gasteiger charge is -2.15. The maximum absolute atomic E-state index is 5.65. The molecule has 0 N–H and O–H groups in total. The Morgan fingerprint density at radius 1 is 1.07 bits per heavy atom. The van der Waals surface area contributed by atoms with Gasteiger partial charge in [-0.1, -0.05) is 20.3 Å². The molecule has 0 bridgehead atoms. The van der Waals surface area contributed by atoms with Crippen molar-refractivity contribution in [2.24, 2.45) is 0 Å². The molecule has 0 spiro atoms. The molecule has 0 aliphatic rings. The number of methoxy groups -OCH3 is 1. The van der Waals surface area contributed by atoms with Gasteiger partial charge in [0.2, 0.25) is 0 Å². The van der Waals surface area contributed by atoms with Gasteiger partial charge in [-0.2, -0.15) is 0 Å². The lowest BCUT2D eigenvalue weighted by molar-refractivity contribution is -0.0291. The van der Waals surface area contributed by atoms with Crippen molar-refractivity contribution in [3.63, 3.8) is 0 Å². The average Bonchev–Trinajstić information content (AvgIpc) is 2.22. The summed E-state index contributed by atoms with van der Waals surface area (Å²) in [5.41, 5.74) is 0. The van der Waals surface area contributed by atoms with Gasteiger partial charge in [-0.15, -0.1) is 0 Å². The number of unbranched alkanes of at least 4 members (excludes halogenated alkanes) is 1. The van der Waals surface area contributed by atoms with E-state index in [9.17, 15) is 0 Å². The minimum atomic E-state index is 0.249. The molecule has 0 saturated carbocycles. The van der Waals surface area contributed by atoms with Crippen molar-refractivity contribution >= 4 is 0 Å². The van der Waals surface area contributed by atoms with Crippen LogP contribution in [0.5, 0.6) is 0 Å². The Kier molecular flexibility index (Phi) is 10.9. The van der Waals surface area contributed by atoms with Crippen LogP contribution in [0, 0.1) is 0 Å². The molecular weight excluding hydrogens is 180 g/mol. The van der Waals surface area contributed by atoms with E-state index < -0.39 is 0 Å². The van der Waals surface area contributed by atoms with E-state index in [0.29, 0.717) is 19.8 Å². The molecule has 0 radical (unpaired) electrons. The van der Waals surface area contributed by atoms with E-state index in [0.717, 1.165) is 19.4 Å². The maximum atomic E-state index is 5.65. The summed E-state index contributed by atoms with van der Waals surface area (Å²) < 4.78 is 15.9. The third-order valence-electron chi connectivity index (χ3n) is 2.04. The van der Waals surface area contributed by atoms with Crippen LogP contribution in [0.15, 0.2) is 0 Å². The lowest BCUT2D eigenvalue weighted by atomic mass is 10.3. The highest BCUT2D eigenvalue weighted by molar-refractivity contribution is 4.53. The summed E-state index contributed by atoms with van der Waals surface area (Å²) in [6.07, 6.45) is 3.57. The second kappa shape index (κ2) is 11.0. The molecule has 0 aromatic heterocycles. The van der Waals surface area contributed by atoms with Crippen LogP contribution in [0.25, 0.3) is 0 Å². The SMILES string of the molecule is CCCCOC(CC)COCCOC. The molecule has 0 aromatic carbocycles. The van der Waals surface area contributed by atoms with Gasteiger partial charge in [0.05, 0.1) is 25.9 Å². The van der Waals surface area contributed by atoms with Crippen LogP contribution in [0.2, 0.25) is 0 Å². The quantitative estimate of drug-likeness (QED) is 0.511. The summed E-state index contributed by atoms with van der Waals surface area (Å²) in [4.78, 5) is 0. The summed E-state index contributed by atoms with van der Waals surface area (Å²) in [7, 11) is 1.68. The van der Waals surface area contributed by atoms with Gasteiger partial charge in [-0.05, 0) is 12.8 Å². The van der Waals surface area contributed by atoms with Gasteiger partial charge in [-0.25, -0.2) is 0 Å². The van der Waals surface area contributed by atoms with Crippen molar-refractivity contribution in [1.29, 1.82) is 0 Å². The molecule has 3 nitrogen and oxygen atoms in total. The van der Waals surface area contributed by atoms with Crippen LogP contribution >= 0.6 is 0 Å². The molecule has 0 aliphatic heterocycles. The van der Waals surface area contributed by atoms with Gasteiger partial charge in [0.25, 0.3) is 0 Å². The maximum Gasteiger partial charge on any atom is 0.0805 e. The highest BCUT2D eigenvalue weighted by Gasteiger charge is 2.05. The zero-order valence-corrected chi connectivity index (χ0v) is 9.75. The minimum Gasteiger partial charge on any atom is -0.382 e. The Hall–Kier alpha value is -0.120. The Bertz CT molecular complexity index is 107. The molecule has 0 aromatic rings. The molecule has 1 unspecified atom stereocenters. The first-order chi connectivity index (χ1) is 6.85. The summed E-state index contributed by atoms with van der Waals surface area (Å²) in [6.45, 7) is 7.14. The first-order valence-electron chi connectivity index (χ1n) is 5.53. The molecule has 0 heterocycles. The van der Waals surface area contributed by atoms with Gasteiger partial charge in [0.15, 0.2) is 0 Å². The number of hydrogen-bond donors (Lipinski definition) is 0. The standard InChI is InChI=1S/C11H24O3/c1-4-6-7-14-11(5-2)10-13-9-8-12-3/h11H,4-10H2,1-3H3. The normalized spacial score (nSPS) is 13.1. The third kappa shape index (κ3) is 8.48. The smallest absolute Gasteiger partial charge is 0.0805 e. The van der Waals surface area contributed by atoms with Gasteiger partial charge in [0.1, 0.15) is 0 Å². The minimum absolute atomic E-state index is 0.249. The van der Waals surface area contributed by atoms with E-state index in [1.807, 2.05) is 0 Å². The molecule has 1 atom stereocenters. The van der Waals surface area contributed by atoms with E-state index in [4.69, 9.17) is 14.2 Å². The van der Waals surface area contributed by atoms with Gasteiger partial charge >= 0.3 is 0 Å². The Morgan fingerprint density at radius 3 is 2.43 bits per heavy atom. The van der Waals surface area contributed by atoms with Crippen molar-refractivity contribution in [2.45, 2.75) is 39.2 Å². The molecule has 0 fully saturated rings. The van der Waals surface area contributed by atoms with Crippen LogP contribution < -0.4 is 0 Å². The monoisotopic (exact) mass is 204 g/mol. The summed E-state index contributed by atoms with van der Waals surface area (Å²) in [5.74, 6) is 0. The van der Waals surface area contributed by atoms with Crippen LogP contribution in [0.1, 0.15) is 33.1 Å². The molecule has 0 amide bonds. The fourth-order valence-corrected chi connectivity index (χ4v) is 1.04. The second-order valence-electron chi connectivity index (χ2n) is 3.32. The molecule has 14 heavy (non-hydrogen) atoms. The molecule has 0 saturated heterocycles. The molecule has 86 valence electrons. The van der Waals surface area contributed by atoms with E-state index >= 15 is 0 Å². The van der Waals surface area contributed by atoms with E-state index in [1.165, 1.54) is 6.42 Å². The predicted molar refractivity (Wildman–Crippen MR) is 57.6 cm³/mol. The van der Waals surface area contributed by atoms with E-state index in [-0.39, 0.29) is 6.10 Å². The molecule has 0 rings (SSSR count). The zero-order valence-electron chi connectivity index (χ0n) is 9.75. The Labute approximate surface area is 87.7 Å². The largest absolute Gasteiger partial charge is 0.382 e. The van der Waals surface area contributed by atoms with Gasteiger partial charge < -0.3 is 14.2 Å². The van der Waals surface area contributed by atoms with Crippen molar-refractivity contribution < 1.29 is 14.2 Å². The van der Waals surface area contributed by atoms with E-state index in [1.54, 1.807) is 7.11 Å². The summed E-state index contributed by atoms with van der Waals surface area (Å²) >= 11 is 0. The van der Waals surface area contributed by atoms with Crippen molar-refractivity contribution in [1.82, 2.24) is 0 Å². The van der Waals surface area contributed by atoms with Crippen molar-refractivity contribution in [2.75, 3.05) is 33.5 Å². The zero-order chi connectivity index (χ0) is 10.6. The highest BCUT2D eigenvalue weighted by Crippen LogP contribution is 2.01. The molecular formula is C11H24O3. The lowest BCUT2D eigenvalue weighted by Crippen LogP contribution is -2.20. The average molecular weight is 204 g/mol. The van der Waals surface area contributed by atoms with Crippen LogP contribution in [-0.2, 0) is 14.2 Å². The van der Waals surface area contributed by atoms with Gasteiger partial charge in [-0.3, -0.25) is 0 Å². The first-order valence-corrected chi connectivity index (χ1v) is 5.53. The van der Waals surface area contributed by atoms with Crippen LogP contribution in [0.3, 0.4) is 0 Å². The number of hydrogen-bond acceptors (Lipinski definition) is 3. The van der Waals surface area contributed by atoms with Crippen molar-refractivity contribution in [3.8, 4) is 0 Å². The van der Waals surface area contributed by atoms with Crippen LogP contribution in [-0.4, -0.2) is 39.6 Å². The topological polar surface area (TPSA) is 27.7 Å². The summed E-state index contributed by atoms with van der Waals surface area (Å²) in [6, 6.07) is 0. The van der Waals surface area contributed by atoms with Gasteiger partial charge in [0, 0.05) is 13.7 Å². The highest BCUT2D eigenvalue weighted by atomic mass is 16.5. The second-order valence-corrected chi connectivity index (χ2v) is 3.32. The Morgan fingerprint density at radius 2 is 1.86 bits per heavy atom. The number of ether oxygens (including phenoxy) is 3. The fraction of sp³-hybridized carbons (Fsp3) is 1.00. The molecule has 3 heteroatoms. The van der Waals surface area contributed by atoms with Crippen molar-refractivity contribution in [3.05, 3.63) is 0 Å². The molecule has 0 aliphatic carbocycles. The first kappa shape index (κ1) is 13.9. The van der Waals surface area contributed by atoms with Crippen LogP contribution in [0.4, 0.5) is 0 Å². The Balaban J connectivity index is 3.28. The van der Waals surface area contributed by atoms with E-state index in [2.05, 4.69) is 13.8 Å².